The summed E-state index contributed by atoms with van der Waals surface area (Å²) in [6.07, 6.45) is 0.0871. The lowest BCUT2D eigenvalue weighted by Crippen LogP contribution is -2.51. The molecule has 0 fully saturated rings. The van der Waals surface area contributed by atoms with Crippen LogP contribution < -0.4 is 20.9 Å². The zero-order valence-electron chi connectivity index (χ0n) is 28.5. The van der Waals surface area contributed by atoms with E-state index in [1.54, 1.807) is 52.6 Å². The van der Waals surface area contributed by atoms with Crippen molar-refractivity contribution >= 4 is 29.7 Å². The molecule has 5 rings (SSSR count). The van der Waals surface area contributed by atoms with Crippen LogP contribution in [0.2, 0.25) is 0 Å². The Hall–Kier alpha value is -5.16. The molecule has 0 unspecified atom stereocenters. The molecule has 2 heterocycles. The van der Waals surface area contributed by atoms with Crippen LogP contribution in [-0.2, 0) is 21.6 Å². The van der Waals surface area contributed by atoms with Crippen molar-refractivity contribution < 1.29 is 19.1 Å². The van der Waals surface area contributed by atoms with Crippen LogP contribution >= 0.6 is 0 Å². The third kappa shape index (κ3) is 8.21. The van der Waals surface area contributed by atoms with Crippen LogP contribution in [0.1, 0.15) is 58.2 Å². The highest BCUT2D eigenvalue weighted by molar-refractivity contribution is 6.08. The molecule has 2 amide bonds. The van der Waals surface area contributed by atoms with Crippen molar-refractivity contribution in [2.24, 2.45) is 4.99 Å². The third-order valence-corrected chi connectivity index (χ3v) is 7.53. The number of carbonyl (C=O) groups is 2. The molecule has 0 bridgehead atoms. The van der Waals surface area contributed by atoms with Gasteiger partial charge in [-0.2, -0.15) is 5.10 Å². The minimum atomic E-state index is -0.851. The molecular weight excluding hydrogens is 606 g/mol. The van der Waals surface area contributed by atoms with Crippen molar-refractivity contribution in [3.8, 4) is 0 Å². The van der Waals surface area contributed by atoms with E-state index >= 15 is 0 Å². The van der Waals surface area contributed by atoms with E-state index in [9.17, 15) is 9.59 Å². The number of guanidine groups is 1. The van der Waals surface area contributed by atoms with Gasteiger partial charge in [-0.25, -0.2) is 14.3 Å². The number of nitrogens with one attached hydrogen (secondary N) is 3. The molecule has 3 aromatic carbocycles. The van der Waals surface area contributed by atoms with E-state index in [0.29, 0.717) is 25.3 Å². The average molecular weight is 652 g/mol. The molecule has 0 aliphatic carbocycles. The van der Waals surface area contributed by atoms with E-state index in [2.05, 4.69) is 62.4 Å². The number of fused-ring (bicyclic) bond motifs is 1. The van der Waals surface area contributed by atoms with Crippen molar-refractivity contribution in [2.45, 2.75) is 64.8 Å². The summed E-state index contributed by atoms with van der Waals surface area (Å²) in [7, 11) is 0. The quantitative estimate of drug-likeness (QED) is 0.112. The van der Waals surface area contributed by atoms with Gasteiger partial charge >= 0.3 is 12.2 Å². The second-order valence-electron chi connectivity index (χ2n) is 13.5. The van der Waals surface area contributed by atoms with Crippen molar-refractivity contribution in [3.63, 3.8) is 0 Å². The zero-order chi connectivity index (χ0) is 34.4. The molecule has 0 saturated heterocycles. The number of aliphatic imine (C=N–C) groups is 1. The predicted octanol–water partition coefficient (Wildman–Crippen LogP) is 6.51. The minimum absolute atomic E-state index is 0.0467. The molecule has 48 heavy (non-hydrogen) atoms. The van der Waals surface area contributed by atoms with E-state index in [-0.39, 0.29) is 12.5 Å². The van der Waals surface area contributed by atoms with E-state index in [1.165, 1.54) is 0 Å². The van der Waals surface area contributed by atoms with Crippen molar-refractivity contribution in [1.29, 1.82) is 0 Å². The fourth-order valence-electron chi connectivity index (χ4n) is 5.69. The first kappa shape index (κ1) is 34.2. The van der Waals surface area contributed by atoms with Gasteiger partial charge in [0.05, 0.1) is 18.3 Å². The number of carbonyl (C=O) groups excluding carboxylic acids is 2. The summed E-state index contributed by atoms with van der Waals surface area (Å²) in [5.41, 5.74) is 1.47. The van der Waals surface area contributed by atoms with E-state index in [1.807, 2.05) is 59.3 Å². The number of rotatable bonds is 8. The highest BCUT2D eigenvalue weighted by Gasteiger charge is 2.36. The largest absolute Gasteiger partial charge is 0.444 e. The molecule has 1 aliphatic rings. The summed E-state index contributed by atoms with van der Waals surface area (Å²) in [6.45, 7) is 12.6. The van der Waals surface area contributed by atoms with Gasteiger partial charge in [0.1, 0.15) is 22.7 Å². The summed E-state index contributed by atoms with van der Waals surface area (Å²) in [6, 6.07) is 30.8. The standard InChI is InChI=1S/C37H45N7O4/c1-35(2,3)47-33(45)41-32(42-34(46)48-36(4,5)6)43(30-26-40-44-25-22-38-31(30)44)24-23-39-37(27-16-10-7-11-17-27,28-18-12-8-13-19-28)29-20-14-9-15-21-29/h7-21,26,38-39H,22-25H2,1-6H3,(H,41,42,45,46). The van der Waals surface area contributed by atoms with Crippen molar-refractivity contribution in [1.82, 2.24) is 20.4 Å². The molecule has 1 aromatic heterocycles. The van der Waals surface area contributed by atoms with E-state index in [4.69, 9.17) is 9.47 Å². The number of hydrogen-bond donors (Lipinski definition) is 3. The summed E-state index contributed by atoms with van der Waals surface area (Å²) in [5.74, 6) is 0.702. The normalized spacial score (nSPS) is 13.3. The van der Waals surface area contributed by atoms with Crippen LogP contribution in [0.3, 0.4) is 0 Å². The molecule has 0 atom stereocenters. The Balaban J connectivity index is 1.57. The molecule has 11 nitrogen and oxygen atoms in total. The van der Waals surface area contributed by atoms with Crippen LogP contribution in [-0.4, -0.2) is 58.8 Å². The first-order valence-electron chi connectivity index (χ1n) is 16.2. The maximum atomic E-state index is 13.2. The van der Waals surface area contributed by atoms with E-state index < -0.39 is 28.9 Å². The van der Waals surface area contributed by atoms with Crippen LogP contribution in [0.15, 0.2) is 102 Å². The summed E-state index contributed by atoms with van der Waals surface area (Å²) < 4.78 is 13.0. The Morgan fingerprint density at radius 3 is 1.85 bits per heavy atom. The number of hydrogen-bond acceptors (Lipinski definition) is 7. The number of amides is 2. The highest BCUT2D eigenvalue weighted by Crippen LogP contribution is 2.37. The van der Waals surface area contributed by atoms with Gasteiger partial charge in [-0.1, -0.05) is 91.0 Å². The number of nitrogens with zero attached hydrogens (tertiary/aromatic N) is 4. The second kappa shape index (κ2) is 14.3. The van der Waals surface area contributed by atoms with Crippen molar-refractivity contribution in [3.05, 3.63) is 114 Å². The number of anilines is 2. The van der Waals surface area contributed by atoms with Gasteiger partial charge in [0.25, 0.3) is 0 Å². The summed E-state index contributed by atoms with van der Waals surface area (Å²) in [5, 5.41) is 14.5. The van der Waals surface area contributed by atoms with Gasteiger partial charge in [0.2, 0.25) is 5.96 Å². The highest BCUT2D eigenvalue weighted by atomic mass is 16.6. The molecule has 11 heteroatoms. The van der Waals surface area contributed by atoms with Gasteiger partial charge in [-0.05, 0) is 58.2 Å². The molecular formula is C37H45N7O4. The molecule has 252 valence electrons. The monoisotopic (exact) mass is 651 g/mol. The average Bonchev–Trinajstić information content (AvgIpc) is 3.66. The Kier molecular flexibility index (Phi) is 10.2. The first-order chi connectivity index (χ1) is 22.9. The molecule has 0 spiro atoms. The smallest absolute Gasteiger partial charge is 0.437 e. The van der Waals surface area contributed by atoms with Gasteiger partial charge in [-0.15, -0.1) is 4.99 Å². The number of benzene rings is 3. The van der Waals surface area contributed by atoms with Crippen LogP contribution in [0.25, 0.3) is 0 Å². The molecule has 3 N–H and O–H groups in total. The zero-order valence-corrected chi connectivity index (χ0v) is 28.5. The maximum Gasteiger partial charge on any atom is 0.437 e. The molecule has 0 saturated carbocycles. The summed E-state index contributed by atoms with van der Waals surface area (Å²) in [4.78, 5) is 32.4. The lowest BCUT2D eigenvalue weighted by atomic mass is 9.77. The third-order valence-electron chi connectivity index (χ3n) is 7.53. The maximum absolute atomic E-state index is 13.2. The molecule has 0 radical (unpaired) electrons. The Morgan fingerprint density at radius 2 is 1.35 bits per heavy atom. The SMILES string of the molecule is CC(C)(C)OC(=O)N=C(NC(=O)OC(C)(C)C)N(CCNC(c1ccccc1)(c1ccccc1)c1ccccc1)c1cnn2c1NCC2. The lowest BCUT2D eigenvalue weighted by molar-refractivity contribution is 0.0561. The minimum Gasteiger partial charge on any atom is -0.444 e. The van der Waals surface area contributed by atoms with Gasteiger partial charge < -0.3 is 19.7 Å². The number of aromatic nitrogens is 2. The van der Waals surface area contributed by atoms with Crippen LogP contribution in [0.4, 0.5) is 21.1 Å². The fourth-order valence-corrected chi connectivity index (χ4v) is 5.69. The fraction of sp³-hybridized carbons (Fsp3) is 0.351. The second-order valence-corrected chi connectivity index (χ2v) is 13.5. The van der Waals surface area contributed by atoms with Gasteiger partial charge in [0.15, 0.2) is 0 Å². The molecule has 4 aromatic rings. The van der Waals surface area contributed by atoms with Crippen LogP contribution in [0.5, 0.6) is 0 Å². The Labute approximate surface area is 282 Å². The van der Waals surface area contributed by atoms with Gasteiger partial charge in [-0.3, -0.25) is 10.6 Å². The topological polar surface area (TPSA) is 122 Å². The first-order valence-corrected chi connectivity index (χ1v) is 16.2. The summed E-state index contributed by atoms with van der Waals surface area (Å²) >= 11 is 0. The van der Waals surface area contributed by atoms with Crippen LogP contribution in [0, 0.1) is 0 Å². The van der Waals surface area contributed by atoms with Gasteiger partial charge in [0, 0.05) is 19.6 Å². The number of ether oxygens (including phenoxy) is 2. The Morgan fingerprint density at radius 1 is 0.833 bits per heavy atom. The van der Waals surface area contributed by atoms with Crippen molar-refractivity contribution in [2.75, 3.05) is 29.9 Å². The number of alkyl carbamates (subject to hydrolysis) is 1. The predicted molar refractivity (Wildman–Crippen MR) is 188 cm³/mol. The Bertz CT molecular complexity index is 1610. The lowest BCUT2D eigenvalue weighted by Gasteiger charge is -2.38. The van der Waals surface area contributed by atoms with E-state index in [0.717, 1.165) is 22.5 Å². The molecule has 1 aliphatic heterocycles.